The second kappa shape index (κ2) is 5.44. The average Bonchev–Trinajstić information content (AvgIpc) is 2.54. The molecular weight excluding hydrogens is 270 g/mol. The summed E-state index contributed by atoms with van der Waals surface area (Å²) in [7, 11) is 0. The first-order valence-corrected chi connectivity index (χ1v) is 8.27. The maximum Gasteiger partial charge on any atom is 0.0895 e. The van der Waals surface area contributed by atoms with E-state index < -0.39 is 0 Å². The molecule has 0 aliphatic carbocycles. The number of aryl methyl sites for hydroxylation is 2. The number of hydrogen-bond donors (Lipinski definition) is 1. The van der Waals surface area contributed by atoms with Gasteiger partial charge in [-0.25, -0.2) is 0 Å². The van der Waals surface area contributed by atoms with E-state index in [0.717, 1.165) is 13.0 Å². The van der Waals surface area contributed by atoms with E-state index in [-0.39, 0.29) is 6.10 Å². The Balaban J connectivity index is 1.79. The van der Waals surface area contributed by atoms with Crippen LogP contribution in [-0.4, -0.2) is 6.61 Å². The van der Waals surface area contributed by atoms with Crippen molar-refractivity contribution in [2.75, 3.05) is 11.9 Å². The van der Waals surface area contributed by atoms with Crippen LogP contribution in [0.15, 0.2) is 42.5 Å². The van der Waals surface area contributed by atoms with Crippen molar-refractivity contribution in [3.63, 3.8) is 0 Å². The number of nitrogens with one attached hydrogen (secondary N) is 1. The Bertz CT molecular complexity index is 694. The van der Waals surface area contributed by atoms with E-state index in [1.165, 1.54) is 34.4 Å². The van der Waals surface area contributed by atoms with Crippen molar-refractivity contribution in [2.24, 2.45) is 5.92 Å². The Morgan fingerprint density at radius 2 is 1.91 bits per heavy atom. The molecule has 2 aromatic carbocycles. The Hall–Kier alpha value is -1.80. The second-order valence-corrected chi connectivity index (χ2v) is 6.72. The lowest BCUT2D eigenvalue weighted by atomic mass is 9.77. The third kappa shape index (κ3) is 2.32. The largest absolute Gasteiger partial charge is 0.378 e. The van der Waals surface area contributed by atoms with Crippen LogP contribution in [0.1, 0.15) is 47.2 Å². The molecule has 0 spiro atoms. The molecule has 0 bridgehead atoms. The summed E-state index contributed by atoms with van der Waals surface area (Å²) in [6.45, 7) is 5.21. The van der Waals surface area contributed by atoms with Crippen LogP contribution in [0.5, 0.6) is 0 Å². The summed E-state index contributed by atoms with van der Waals surface area (Å²) in [6.07, 6.45) is 2.62. The van der Waals surface area contributed by atoms with Gasteiger partial charge in [-0.2, -0.15) is 0 Å². The number of hydrogen-bond acceptors (Lipinski definition) is 2. The van der Waals surface area contributed by atoms with Crippen LogP contribution in [0, 0.1) is 19.8 Å². The van der Waals surface area contributed by atoms with Crippen molar-refractivity contribution in [1.82, 2.24) is 0 Å². The van der Waals surface area contributed by atoms with E-state index in [0.29, 0.717) is 12.0 Å². The zero-order valence-electron chi connectivity index (χ0n) is 13.3. The van der Waals surface area contributed by atoms with E-state index in [9.17, 15) is 0 Å². The van der Waals surface area contributed by atoms with Crippen molar-refractivity contribution in [3.05, 3.63) is 64.7 Å². The molecule has 2 aliphatic rings. The molecule has 1 fully saturated rings. The van der Waals surface area contributed by atoms with Crippen molar-refractivity contribution in [2.45, 2.75) is 38.8 Å². The quantitative estimate of drug-likeness (QED) is 0.804. The first kappa shape index (κ1) is 13.8. The maximum atomic E-state index is 6.21. The monoisotopic (exact) mass is 293 g/mol. The lowest BCUT2D eigenvalue weighted by Crippen LogP contribution is -2.36. The fourth-order valence-corrected chi connectivity index (χ4v) is 3.98. The molecule has 2 heteroatoms. The van der Waals surface area contributed by atoms with Gasteiger partial charge in [0.15, 0.2) is 0 Å². The van der Waals surface area contributed by atoms with E-state index in [4.69, 9.17) is 4.74 Å². The third-order valence-electron chi connectivity index (χ3n) is 5.02. The minimum absolute atomic E-state index is 0.232. The van der Waals surface area contributed by atoms with Crippen LogP contribution in [-0.2, 0) is 4.74 Å². The topological polar surface area (TPSA) is 21.3 Å². The number of rotatable bonds is 1. The zero-order chi connectivity index (χ0) is 15.1. The van der Waals surface area contributed by atoms with Gasteiger partial charge in [-0.1, -0.05) is 47.5 Å². The average molecular weight is 293 g/mol. The highest BCUT2D eigenvalue weighted by Crippen LogP contribution is 2.49. The van der Waals surface area contributed by atoms with Crippen LogP contribution in [0.25, 0.3) is 0 Å². The number of benzene rings is 2. The molecule has 1 saturated heterocycles. The van der Waals surface area contributed by atoms with Gasteiger partial charge in [-0.3, -0.25) is 0 Å². The van der Waals surface area contributed by atoms with Gasteiger partial charge < -0.3 is 10.1 Å². The van der Waals surface area contributed by atoms with Crippen LogP contribution in [0.2, 0.25) is 0 Å². The van der Waals surface area contributed by atoms with Gasteiger partial charge in [0.25, 0.3) is 0 Å². The van der Waals surface area contributed by atoms with Crippen molar-refractivity contribution in [1.29, 1.82) is 0 Å². The van der Waals surface area contributed by atoms with Gasteiger partial charge in [-0.05, 0) is 38.3 Å². The van der Waals surface area contributed by atoms with E-state index >= 15 is 0 Å². The predicted octanol–water partition coefficient (Wildman–Crippen LogP) is 4.94. The predicted molar refractivity (Wildman–Crippen MR) is 90.1 cm³/mol. The summed E-state index contributed by atoms with van der Waals surface area (Å²) in [6, 6.07) is 15.9. The first-order chi connectivity index (χ1) is 10.7. The Morgan fingerprint density at radius 1 is 1.05 bits per heavy atom. The third-order valence-corrected chi connectivity index (χ3v) is 5.02. The summed E-state index contributed by atoms with van der Waals surface area (Å²) in [4.78, 5) is 0. The minimum atomic E-state index is 0.232. The summed E-state index contributed by atoms with van der Waals surface area (Å²) in [5, 5.41) is 3.79. The lowest BCUT2D eigenvalue weighted by molar-refractivity contribution is -0.0381. The normalized spacial score (nSPS) is 26.7. The summed E-state index contributed by atoms with van der Waals surface area (Å²) in [5.41, 5.74) is 6.59. The molecule has 0 radical (unpaired) electrons. The highest BCUT2D eigenvalue weighted by Gasteiger charge is 2.39. The van der Waals surface area contributed by atoms with Gasteiger partial charge in [-0.15, -0.1) is 0 Å². The fraction of sp³-hybridized carbons (Fsp3) is 0.400. The Morgan fingerprint density at radius 3 is 2.77 bits per heavy atom. The molecule has 1 N–H and O–H groups in total. The van der Waals surface area contributed by atoms with Crippen molar-refractivity contribution >= 4 is 5.69 Å². The van der Waals surface area contributed by atoms with Crippen LogP contribution >= 0.6 is 0 Å². The molecule has 3 atom stereocenters. The zero-order valence-corrected chi connectivity index (χ0v) is 13.3. The molecule has 1 unspecified atom stereocenters. The maximum absolute atomic E-state index is 6.21. The van der Waals surface area contributed by atoms with Crippen LogP contribution < -0.4 is 5.32 Å². The summed E-state index contributed by atoms with van der Waals surface area (Å²) in [5.74, 6) is 0.518. The van der Waals surface area contributed by atoms with Gasteiger partial charge in [0.1, 0.15) is 0 Å². The standard InChI is InChI=1S/C20H23NO/c1-13-5-3-6-15(11-13)19-16-7-4-10-22-20(16)17-12-14(2)8-9-18(17)21-19/h3,5-6,8-9,11-12,16,19-21H,4,7,10H2,1-2H3/t16-,19?,20-/m0/s1. The molecule has 0 amide bonds. The lowest BCUT2D eigenvalue weighted by Gasteiger charge is -2.43. The molecular formula is C20H23NO. The molecule has 2 heterocycles. The highest BCUT2D eigenvalue weighted by atomic mass is 16.5. The van der Waals surface area contributed by atoms with Crippen LogP contribution in [0.4, 0.5) is 5.69 Å². The van der Waals surface area contributed by atoms with Gasteiger partial charge in [0.2, 0.25) is 0 Å². The van der Waals surface area contributed by atoms with Crippen LogP contribution in [0.3, 0.4) is 0 Å². The van der Waals surface area contributed by atoms with Crippen molar-refractivity contribution in [3.8, 4) is 0 Å². The Kier molecular flexibility index (Phi) is 3.42. The first-order valence-electron chi connectivity index (χ1n) is 8.27. The SMILES string of the molecule is Cc1cccc(C2Nc3ccc(C)cc3[C@H]3OCCC[C@@H]23)c1. The van der Waals surface area contributed by atoms with E-state index in [1.54, 1.807) is 0 Å². The highest BCUT2D eigenvalue weighted by molar-refractivity contribution is 5.58. The number of anilines is 1. The van der Waals surface area contributed by atoms with Gasteiger partial charge >= 0.3 is 0 Å². The van der Waals surface area contributed by atoms with Crippen molar-refractivity contribution < 1.29 is 4.74 Å². The smallest absolute Gasteiger partial charge is 0.0895 e. The second-order valence-electron chi connectivity index (χ2n) is 6.72. The summed E-state index contributed by atoms with van der Waals surface area (Å²) >= 11 is 0. The number of ether oxygens (including phenoxy) is 1. The summed E-state index contributed by atoms with van der Waals surface area (Å²) < 4.78 is 6.21. The van der Waals surface area contributed by atoms with Gasteiger partial charge in [0.05, 0.1) is 12.1 Å². The molecule has 4 rings (SSSR count). The molecule has 2 aliphatic heterocycles. The minimum Gasteiger partial charge on any atom is -0.378 e. The fourth-order valence-electron chi connectivity index (χ4n) is 3.98. The Labute approximate surface area is 132 Å². The van der Waals surface area contributed by atoms with E-state index in [2.05, 4.69) is 61.6 Å². The molecule has 114 valence electrons. The molecule has 0 aromatic heterocycles. The molecule has 22 heavy (non-hydrogen) atoms. The van der Waals surface area contributed by atoms with E-state index in [1.807, 2.05) is 0 Å². The van der Waals surface area contributed by atoms with Gasteiger partial charge in [0, 0.05) is 23.8 Å². The molecule has 0 saturated carbocycles. The molecule has 2 aromatic rings. The molecule has 2 nitrogen and oxygen atoms in total. The number of fused-ring (bicyclic) bond motifs is 3.